The molecule has 3 fully saturated rings. The number of nitrogens with zero attached hydrogens (tertiary/aromatic N) is 3. The average molecular weight is 504 g/mol. The summed E-state index contributed by atoms with van der Waals surface area (Å²) < 4.78 is 16.6. The van der Waals surface area contributed by atoms with E-state index < -0.39 is 11.1 Å². The molecule has 1 aromatic rings. The highest BCUT2D eigenvalue weighted by Gasteiger charge is 2.37. The minimum atomic E-state index is -0.504. The van der Waals surface area contributed by atoms with Crippen molar-refractivity contribution in [1.29, 1.82) is 0 Å². The van der Waals surface area contributed by atoms with Gasteiger partial charge in [0.2, 0.25) is 5.91 Å². The van der Waals surface area contributed by atoms with Crippen molar-refractivity contribution in [3.63, 3.8) is 0 Å². The molecular weight excluding hydrogens is 474 g/mol. The van der Waals surface area contributed by atoms with Crippen LogP contribution in [0.2, 0.25) is 0 Å². The smallest absolute Gasteiger partial charge is 0.294 e. The second kappa shape index (κ2) is 11.6. The first kappa shape index (κ1) is 25.1. The van der Waals surface area contributed by atoms with Gasteiger partial charge in [-0.2, -0.15) is 0 Å². The Kier molecular flexibility index (Phi) is 8.29. The van der Waals surface area contributed by atoms with E-state index in [0.717, 1.165) is 42.6 Å². The normalized spacial score (nSPS) is 19.6. The van der Waals surface area contributed by atoms with E-state index in [1.165, 1.54) is 0 Å². The van der Waals surface area contributed by atoms with Gasteiger partial charge in [0, 0.05) is 26.2 Å². The number of thioether (sulfide) groups is 1. The molecule has 0 bridgehead atoms. The van der Waals surface area contributed by atoms with Gasteiger partial charge in [0.15, 0.2) is 18.1 Å². The van der Waals surface area contributed by atoms with Crippen LogP contribution in [0.4, 0.5) is 4.79 Å². The van der Waals surface area contributed by atoms with E-state index in [9.17, 15) is 19.2 Å². The van der Waals surface area contributed by atoms with Gasteiger partial charge in [0.05, 0.1) is 24.7 Å². The van der Waals surface area contributed by atoms with Crippen LogP contribution in [0.3, 0.4) is 0 Å². The highest BCUT2D eigenvalue weighted by atomic mass is 32.2. The van der Waals surface area contributed by atoms with Crippen LogP contribution in [-0.4, -0.2) is 96.8 Å². The summed E-state index contributed by atoms with van der Waals surface area (Å²) >= 11 is 0.798. The summed E-state index contributed by atoms with van der Waals surface area (Å²) in [7, 11) is 0. The monoisotopic (exact) mass is 503 g/mol. The van der Waals surface area contributed by atoms with Gasteiger partial charge in [0.25, 0.3) is 17.1 Å². The second-order valence-electron chi connectivity index (χ2n) is 8.28. The summed E-state index contributed by atoms with van der Waals surface area (Å²) in [6, 6.07) is 5.11. The largest absolute Gasteiger partial charge is 0.490 e. The number of morpholine rings is 1. The minimum absolute atomic E-state index is 0.0608. The maximum absolute atomic E-state index is 12.8. The van der Waals surface area contributed by atoms with E-state index in [1.807, 2.05) is 6.92 Å². The summed E-state index contributed by atoms with van der Waals surface area (Å²) in [6.45, 7) is 5.16. The van der Waals surface area contributed by atoms with Crippen molar-refractivity contribution in [2.45, 2.75) is 19.8 Å². The first-order chi connectivity index (χ1) is 17.0. The van der Waals surface area contributed by atoms with Gasteiger partial charge in [-0.3, -0.25) is 24.1 Å². The summed E-state index contributed by atoms with van der Waals surface area (Å²) in [5.74, 6) is 0.0313. The van der Waals surface area contributed by atoms with Gasteiger partial charge in [-0.15, -0.1) is 0 Å². The predicted molar refractivity (Wildman–Crippen MR) is 129 cm³/mol. The van der Waals surface area contributed by atoms with Crippen LogP contribution in [0.1, 0.15) is 25.3 Å². The van der Waals surface area contributed by atoms with Crippen LogP contribution < -0.4 is 9.47 Å². The van der Waals surface area contributed by atoms with E-state index in [2.05, 4.69) is 0 Å². The third-order valence-corrected chi connectivity index (χ3v) is 6.81. The Morgan fingerprint density at radius 3 is 2.43 bits per heavy atom. The van der Waals surface area contributed by atoms with E-state index in [0.29, 0.717) is 50.0 Å². The summed E-state index contributed by atoms with van der Waals surface area (Å²) in [6.07, 6.45) is 3.61. The highest BCUT2D eigenvalue weighted by molar-refractivity contribution is 8.18. The molecule has 0 spiro atoms. The molecule has 11 heteroatoms. The van der Waals surface area contributed by atoms with Crippen LogP contribution >= 0.6 is 11.8 Å². The zero-order valence-electron chi connectivity index (χ0n) is 19.7. The fraction of sp³-hybridized carbons (Fsp3) is 0.500. The van der Waals surface area contributed by atoms with E-state index >= 15 is 0 Å². The van der Waals surface area contributed by atoms with Gasteiger partial charge in [-0.1, -0.05) is 6.07 Å². The third-order valence-electron chi connectivity index (χ3n) is 5.91. The molecule has 188 valence electrons. The van der Waals surface area contributed by atoms with Crippen molar-refractivity contribution in [1.82, 2.24) is 14.7 Å². The number of ether oxygens (including phenoxy) is 3. The molecule has 0 saturated carbocycles. The predicted octanol–water partition coefficient (Wildman–Crippen LogP) is 1.98. The van der Waals surface area contributed by atoms with Crippen LogP contribution in [-0.2, 0) is 19.1 Å². The molecule has 4 rings (SSSR count). The Hall–Kier alpha value is -3.05. The molecule has 1 aromatic carbocycles. The molecule has 35 heavy (non-hydrogen) atoms. The molecule has 0 radical (unpaired) electrons. The molecule has 10 nitrogen and oxygen atoms in total. The van der Waals surface area contributed by atoms with Crippen molar-refractivity contribution >= 4 is 40.8 Å². The van der Waals surface area contributed by atoms with Crippen molar-refractivity contribution in [2.75, 3.05) is 59.2 Å². The quantitative estimate of drug-likeness (QED) is 0.496. The maximum Gasteiger partial charge on any atom is 0.294 e. The maximum atomic E-state index is 12.8. The summed E-state index contributed by atoms with van der Waals surface area (Å²) in [4.78, 5) is 54.7. The number of carbonyl (C=O) groups excluding carboxylic acids is 4. The Bertz CT molecular complexity index is 1020. The standard InChI is InChI=1S/C24H29N3O7S/c1-2-33-19-13-17(5-6-18(19)34-16-22(29)25-7-3-4-8-25)14-20-23(30)27(24(31)35-20)15-21(28)26-9-11-32-12-10-26/h5-6,13-14H,2-4,7-12,15-16H2,1H3/b20-14-. The number of likely N-dealkylation sites (tertiary alicyclic amines) is 1. The van der Waals surface area contributed by atoms with Crippen molar-refractivity contribution in [3.8, 4) is 11.5 Å². The first-order valence-corrected chi connectivity index (χ1v) is 12.6. The molecule has 3 saturated heterocycles. The van der Waals surface area contributed by atoms with E-state index in [-0.39, 0.29) is 29.9 Å². The van der Waals surface area contributed by atoms with E-state index in [1.54, 1.807) is 34.1 Å². The number of imide groups is 1. The third kappa shape index (κ3) is 6.15. The van der Waals surface area contributed by atoms with Gasteiger partial charge >= 0.3 is 0 Å². The number of rotatable bonds is 8. The molecular formula is C24H29N3O7S. The number of hydrogen-bond donors (Lipinski definition) is 0. The molecule has 0 N–H and O–H groups in total. The lowest BCUT2D eigenvalue weighted by Crippen LogP contribution is -2.46. The Morgan fingerprint density at radius 1 is 1.00 bits per heavy atom. The van der Waals surface area contributed by atoms with Crippen LogP contribution in [0.5, 0.6) is 11.5 Å². The van der Waals surface area contributed by atoms with Crippen LogP contribution in [0.25, 0.3) is 6.08 Å². The molecule has 0 unspecified atom stereocenters. The lowest BCUT2D eigenvalue weighted by Gasteiger charge is -2.28. The number of benzene rings is 1. The highest BCUT2D eigenvalue weighted by Crippen LogP contribution is 2.34. The average Bonchev–Trinajstić information content (AvgIpc) is 3.49. The van der Waals surface area contributed by atoms with Gasteiger partial charge in [0.1, 0.15) is 6.54 Å². The minimum Gasteiger partial charge on any atom is -0.490 e. The number of hydrogen-bond acceptors (Lipinski definition) is 8. The topological polar surface area (TPSA) is 106 Å². The summed E-state index contributed by atoms with van der Waals surface area (Å²) in [5, 5.41) is -0.478. The lowest BCUT2D eigenvalue weighted by atomic mass is 10.2. The van der Waals surface area contributed by atoms with Crippen LogP contribution in [0.15, 0.2) is 23.1 Å². The fourth-order valence-electron chi connectivity index (χ4n) is 4.03. The number of amides is 4. The Balaban J connectivity index is 1.42. The molecule has 4 amide bonds. The van der Waals surface area contributed by atoms with E-state index in [4.69, 9.17) is 14.2 Å². The second-order valence-corrected chi connectivity index (χ2v) is 9.27. The zero-order valence-corrected chi connectivity index (χ0v) is 20.5. The molecule has 0 aromatic heterocycles. The van der Waals surface area contributed by atoms with Crippen molar-refractivity contribution < 1.29 is 33.4 Å². The molecule has 0 atom stereocenters. The Morgan fingerprint density at radius 2 is 1.71 bits per heavy atom. The Labute approximate surface area is 208 Å². The fourth-order valence-corrected chi connectivity index (χ4v) is 4.87. The van der Waals surface area contributed by atoms with Gasteiger partial charge in [-0.05, 0) is 55.3 Å². The van der Waals surface area contributed by atoms with Gasteiger partial charge < -0.3 is 24.0 Å². The SMILES string of the molecule is CCOc1cc(/C=C2\SC(=O)N(CC(=O)N3CCOCC3)C2=O)ccc1OCC(=O)N1CCCC1. The van der Waals surface area contributed by atoms with Crippen LogP contribution in [0, 0.1) is 0 Å². The lowest BCUT2D eigenvalue weighted by molar-refractivity contribution is -0.139. The summed E-state index contributed by atoms with van der Waals surface area (Å²) in [5.41, 5.74) is 0.636. The first-order valence-electron chi connectivity index (χ1n) is 11.7. The molecule has 3 aliphatic heterocycles. The zero-order chi connectivity index (χ0) is 24.8. The molecule has 0 aliphatic carbocycles. The molecule has 3 heterocycles. The van der Waals surface area contributed by atoms with Crippen molar-refractivity contribution in [2.24, 2.45) is 0 Å². The number of carbonyl (C=O) groups is 4. The van der Waals surface area contributed by atoms with Gasteiger partial charge in [-0.25, -0.2) is 0 Å². The molecule has 3 aliphatic rings. The van der Waals surface area contributed by atoms with Crippen molar-refractivity contribution in [3.05, 3.63) is 28.7 Å².